The highest BCUT2D eigenvalue weighted by Gasteiger charge is 2.26. The first-order valence-electron chi connectivity index (χ1n) is 25.3. The van der Waals surface area contributed by atoms with Gasteiger partial charge in [-0.3, -0.25) is 18.6 Å². The van der Waals surface area contributed by atoms with Crippen LogP contribution in [-0.2, 0) is 32.7 Å². The van der Waals surface area contributed by atoms with Gasteiger partial charge in [0.2, 0.25) is 0 Å². The minimum absolute atomic E-state index is 0.0361. The van der Waals surface area contributed by atoms with E-state index in [-0.39, 0.29) is 32.6 Å². The van der Waals surface area contributed by atoms with E-state index in [1.807, 2.05) is 0 Å². The molecule has 9 nitrogen and oxygen atoms in total. The molecule has 0 heterocycles. The molecular weight excluding hydrogens is 858 g/mol. The summed E-state index contributed by atoms with van der Waals surface area (Å²) in [4.78, 5) is 35.0. The van der Waals surface area contributed by atoms with E-state index < -0.39 is 32.5 Å². The molecule has 0 aromatic rings. The first-order valence-corrected chi connectivity index (χ1v) is 26.8. The van der Waals surface area contributed by atoms with Gasteiger partial charge in [-0.05, 0) is 116 Å². The van der Waals surface area contributed by atoms with Gasteiger partial charge in [-0.25, -0.2) is 4.57 Å². The zero-order valence-corrected chi connectivity index (χ0v) is 42.5. The van der Waals surface area contributed by atoms with Crippen LogP contribution < -0.4 is 5.73 Å². The van der Waals surface area contributed by atoms with Crippen LogP contribution in [0, 0.1) is 0 Å². The van der Waals surface area contributed by atoms with Gasteiger partial charge in [0.25, 0.3) is 0 Å². The van der Waals surface area contributed by atoms with Gasteiger partial charge in [-0.1, -0.05) is 185 Å². The van der Waals surface area contributed by atoms with Crippen molar-refractivity contribution in [1.82, 2.24) is 0 Å². The first-order chi connectivity index (χ1) is 32.8. The Morgan fingerprint density at radius 1 is 0.448 bits per heavy atom. The van der Waals surface area contributed by atoms with Gasteiger partial charge in [0.1, 0.15) is 6.61 Å². The Morgan fingerprint density at radius 3 is 1.16 bits per heavy atom. The molecule has 0 rings (SSSR count). The van der Waals surface area contributed by atoms with Crippen molar-refractivity contribution in [2.45, 2.75) is 174 Å². The fraction of sp³-hybridized carbons (Fsp3) is 0.544. The second-order valence-electron chi connectivity index (χ2n) is 15.9. The molecule has 0 saturated heterocycles. The molecule has 0 fully saturated rings. The average molecular weight is 948 g/mol. The van der Waals surface area contributed by atoms with E-state index in [0.29, 0.717) is 12.8 Å². The molecule has 0 bridgehead atoms. The van der Waals surface area contributed by atoms with Crippen molar-refractivity contribution >= 4 is 19.8 Å². The topological polar surface area (TPSA) is 134 Å². The molecule has 2 atom stereocenters. The number of hydrogen-bond donors (Lipinski definition) is 2. The van der Waals surface area contributed by atoms with Crippen molar-refractivity contribution in [1.29, 1.82) is 0 Å². The van der Waals surface area contributed by atoms with E-state index in [2.05, 4.69) is 160 Å². The number of hydrogen-bond acceptors (Lipinski definition) is 8. The summed E-state index contributed by atoms with van der Waals surface area (Å²) < 4.78 is 32.8. The summed E-state index contributed by atoms with van der Waals surface area (Å²) in [7, 11) is -4.41. The minimum atomic E-state index is -4.41. The van der Waals surface area contributed by atoms with Crippen molar-refractivity contribution in [2.75, 3.05) is 26.4 Å². The van der Waals surface area contributed by atoms with Crippen molar-refractivity contribution in [3.8, 4) is 0 Å². The minimum Gasteiger partial charge on any atom is -0.462 e. The Hall–Kier alpha value is -4.11. The number of carbonyl (C=O) groups is 2. The van der Waals surface area contributed by atoms with Crippen LogP contribution in [0.15, 0.2) is 146 Å². The Balaban J connectivity index is 4.19. The maximum absolute atomic E-state index is 12.6. The van der Waals surface area contributed by atoms with Gasteiger partial charge < -0.3 is 20.1 Å². The summed E-state index contributed by atoms with van der Waals surface area (Å²) in [6.07, 6.45) is 73.2. The van der Waals surface area contributed by atoms with Crippen LogP contribution in [0.4, 0.5) is 0 Å². The van der Waals surface area contributed by atoms with Crippen LogP contribution in [0.1, 0.15) is 168 Å². The number of nitrogens with two attached hydrogens (primary N) is 1. The van der Waals surface area contributed by atoms with Crippen LogP contribution in [0.2, 0.25) is 0 Å². The van der Waals surface area contributed by atoms with Gasteiger partial charge in [0.15, 0.2) is 6.10 Å². The highest BCUT2D eigenvalue weighted by atomic mass is 31.2. The molecule has 67 heavy (non-hydrogen) atoms. The number of ether oxygens (including phenoxy) is 2. The largest absolute Gasteiger partial charge is 0.472 e. The van der Waals surface area contributed by atoms with Gasteiger partial charge >= 0.3 is 19.8 Å². The maximum atomic E-state index is 12.6. The molecule has 0 aliphatic carbocycles. The molecule has 0 aliphatic rings. The lowest BCUT2D eigenvalue weighted by Crippen LogP contribution is -2.29. The quantitative estimate of drug-likeness (QED) is 0.0265. The van der Waals surface area contributed by atoms with Crippen LogP contribution in [-0.4, -0.2) is 49.3 Å². The number of carbonyl (C=O) groups excluding carboxylic acids is 2. The highest BCUT2D eigenvalue weighted by molar-refractivity contribution is 7.47. The van der Waals surface area contributed by atoms with Crippen molar-refractivity contribution in [3.05, 3.63) is 146 Å². The maximum Gasteiger partial charge on any atom is 0.472 e. The molecule has 0 aromatic heterocycles. The van der Waals surface area contributed by atoms with Crippen molar-refractivity contribution in [3.63, 3.8) is 0 Å². The van der Waals surface area contributed by atoms with E-state index in [9.17, 15) is 19.0 Å². The van der Waals surface area contributed by atoms with Crippen LogP contribution in [0.25, 0.3) is 0 Å². The number of unbranched alkanes of at least 4 members (excludes halogenated alkanes) is 8. The van der Waals surface area contributed by atoms with Crippen molar-refractivity contribution < 1.29 is 37.6 Å². The van der Waals surface area contributed by atoms with Gasteiger partial charge in [-0.2, -0.15) is 0 Å². The van der Waals surface area contributed by atoms with Gasteiger partial charge in [-0.15, -0.1) is 0 Å². The number of phosphoric acid groups is 1. The lowest BCUT2D eigenvalue weighted by Gasteiger charge is -2.19. The molecule has 376 valence electrons. The average Bonchev–Trinajstić information content (AvgIpc) is 3.32. The SMILES string of the molecule is CC/C=C\C/C=C\C/C=C\C/C=C\C/C=C\C/C=C\C/C=C\C/C=C\C/C=C\CCCCCC(=O)OC(COC(=O)CCCCCCC/C=C\C/C=C\C/C=C\CC)COP(=O)(O)OCCN. The summed E-state index contributed by atoms with van der Waals surface area (Å²) >= 11 is 0. The summed E-state index contributed by atoms with van der Waals surface area (Å²) in [6, 6.07) is 0. The lowest BCUT2D eigenvalue weighted by atomic mass is 10.1. The Bertz CT molecular complexity index is 1600. The van der Waals surface area contributed by atoms with Crippen LogP contribution >= 0.6 is 7.82 Å². The van der Waals surface area contributed by atoms with Crippen LogP contribution in [0.3, 0.4) is 0 Å². The van der Waals surface area contributed by atoms with E-state index in [1.54, 1.807) is 0 Å². The molecule has 2 unspecified atom stereocenters. The highest BCUT2D eigenvalue weighted by Crippen LogP contribution is 2.43. The fourth-order valence-electron chi connectivity index (χ4n) is 6.05. The van der Waals surface area contributed by atoms with E-state index in [4.69, 9.17) is 24.3 Å². The number of phosphoric ester groups is 1. The molecular formula is C57H90NO8P. The Labute approximate surface area is 407 Å². The van der Waals surface area contributed by atoms with Gasteiger partial charge in [0.05, 0.1) is 13.2 Å². The first kappa shape index (κ1) is 62.9. The molecule has 10 heteroatoms. The molecule has 0 saturated carbocycles. The summed E-state index contributed by atoms with van der Waals surface area (Å²) in [5, 5.41) is 0. The van der Waals surface area contributed by atoms with E-state index in [1.165, 1.54) is 0 Å². The molecule has 0 aliphatic heterocycles. The molecule has 0 aromatic carbocycles. The molecule has 0 radical (unpaired) electrons. The standard InChI is InChI=1S/C57H90NO8P/c1-3-5-7-9-11-13-15-17-19-20-21-22-23-24-25-26-27-28-29-30-31-32-33-34-36-38-40-42-44-46-48-50-57(60)66-55(54-65-67(61,62)64-52-51-58)53-63-56(59)49-47-45-43-41-39-37-35-18-16-14-12-10-8-6-4-2/h5-8,11-14,17-19,21-22,24-25,27-28,30-31,33-35,38,40,55H,3-4,9-10,15-16,20,23,26,29,32,36-37,39,41-54,58H2,1-2H3,(H,61,62)/b7-5-,8-6-,13-11-,14-12-,19-17-,22-21-,25-24-,28-27-,31-30-,34-33-,35-18-,40-38-. The third-order valence-electron chi connectivity index (χ3n) is 9.72. The second kappa shape index (κ2) is 51.3. The van der Waals surface area contributed by atoms with Crippen molar-refractivity contribution in [2.24, 2.45) is 5.73 Å². The monoisotopic (exact) mass is 948 g/mol. The fourth-order valence-corrected chi connectivity index (χ4v) is 6.82. The Kier molecular flexibility index (Phi) is 48.1. The zero-order chi connectivity index (χ0) is 48.8. The molecule has 3 N–H and O–H groups in total. The third kappa shape index (κ3) is 51.1. The van der Waals surface area contributed by atoms with Crippen LogP contribution in [0.5, 0.6) is 0 Å². The second-order valence-corrected chi connectivity index (χ2v) is 17.4. The predicted molar refractivity (Wildman–Crippen MR) is 283 cm³/mol. The summed E-state index contributed by atoms with van der Waals surface area (Å²) in [5.41, 5.74) is 5.36. The molecule has 0 amide bonds. The number of rotatable bonds is 45. The normalized spacial score (nSPS) is 14.4. The smallest absolute Gasteiger partial charge is 0.462 e. The van der Waals surface area contributed by atoms with E-state index >= 15 is 0 Å². The zero-order valence-electron chi connectivity index (χ0n) is 41.6. The van der Waals surface area contributed by atoms with Gasteiger partial charge in [0, 0.05) is 19.4 Å². The third-order valence-corrected chi connectivity index (χ3v) is 10.7. The molecule has 0 spiro atoms. The number of esters is 2. The summed E-state index contributed by atoms with van der Waals surface area (Å²) in [6.45, 7) is 3.41. The summed E-state index contributed by atoms with van der Waals surface area (Å²) in [5.74, 6) is -0.902. The number of allylic oxidation sites excluding steroid dienone is 24. The Morgan fingerprint density at radius 2 is 0.776 bits per heavy atom. The lowest BCUT2D eigenvalue weighted by molar-refractivity contribution is -0.161. The van der Waals surface area contributed by atoms with E-state index in [0.717, 1.165) is 128 Å². The predicted octanol–water partition coefficient (Wildman–Crippen LogP) is 15.6.